The molecule has 2 aromatic rings. The van der Waals surface area contributed by atoms with Gasteiger partial charge in [-0.1, -0.05) is 21.6 Å². The molecule has 88 valence electrons. The summed E-state index contributed by atoms with van der Waals surface area (Å²) in [4.78, 5) is 1.75. The van der Waals surface area contributed by atoms with E-state index in [1.165, 1.54) is 27.7 Å². The Kier molecular flexibility index (Phi) is 3.71. The molecule has 2 aromatic carbocycles. The predicted molar refractivity (Wildman–Crippen MR) is 69.6 cm³/mol. The van der Waals surface area contributed by atoms with Crippen molar-refractivity contribution >= 4 is 21.6 Å². The summed E-state index contributed by atoms with van der Waals surface area (Å²) in [6.07, 6.45) is 0. The van der Waals surface area contributed by atoms with Crippen LogP contribution in [0.3, 0.4) is 0 Å². The maximum absolute atomic E-state index is 9.31. The van der Waals surface area contributed by atoms with E-state index in [0.717, 1.165) is 9.79 Å². The van der Waals surface area contributed by atoms with Crippen LogP contribution in [0.5, 0.6) is 17.2 Å². The Morgan fingerprint density at radius 1 is 0.588 bits per heavy atom. The predicted octanol–water partition coefficient (Wildman–Crippen LogP) is 3.60. The van der Waals surface area contributed by atoms with Crippen molar-refractivity contribution in [1.82, 2.24) is 0 Å². The number of aromatic hydroxyl groups is 3. The zero-order valence-corrected chi connectivity index (χ0v) is 10.3. The van der Waals surface area contributed by atoms with Crippen molar-refractivity contribution in [1.29, 1.82) is 0 Å². The molecule has 2 rings (SSSR count). The van der Waals surface area contributed by atoms with Crippen LogP contribution < -0.4 is 0 Å². The van der Waals surface area contributed by atoms with Crippen LogP contribution in [0, 0.1) is 0 Å². The van der Waals surface area contributed by atoms with Crippen molar-refractivity contribution in [3.05, 3.63) is 42.5 Å². The molecule has 0 fully saturated rings. The molecule has 0 spiro atoms. The molecular weight excluding hydrogens is 256 g/mol. The molecular formula is C12H10O3S2. The molecule has 0 aliphatic rings. The number of hydrogen-bond donors (Lipinski definition) is 3. The first-order chi connectivity index (χ1) is 8.13. The lowest BCUT2D eigenvalue weighted by Gasteiger charge is -2.03. The van der Waals surface area contributed by atoms with E-state index in [2.05, 4.69) is 0 Å². The Hall–Kier alpha value is -1.46. The molecule has 0 aromatic heterocycles. The highest BCUT2D eigenvalue weighted by molar-refractivity contribution is 8.76. The Morgan fingerprint density at radius 2 is 1.12 bits per heavy atom. The second kappa shape index (κ2) is 5.25. The summed E-state index contributed by atoms with van der Waals surface area (Å²) in [7, 11) is 2.91. The quantitative estimate of drug-likeness (QED) is 0.741. The van der Waals surface area contributed by atoms with Gasteiger partial charge in [-0.05, 0) is 36.4 Å². The number of benzene rings is 2. The second-order valence-electron chi connectivity index (χ2n) is 3.35. The van der Waals surface area contributed by atoms with Crippen LogP contribution in [0.1, 0.15) is 0 Å². The van der Waals surface area contributed by atoms with Gasteiger partial charge in [-0.2, -0.15) is 0 Å². The van der Waals surface area contributed by atoms with Crippen molar-refractivity contribution in [2.24, 2.45) is 0 Å². The Balaban J connectivity index is 2.04. The zero-order valence-electron chi connectivity index (χ0n) is 8.70. The van der Waals surface area contributed by atoms with Crippen molar-refractivity contribution in [3.8, 4) is 17.2 Å². The smallest absolute Gasteiger partial charge is 0.120 e. The molecule has 0 atom stereocenters. The minimum Gasteiger partial charge on any atom is -0.508 e. The zero-order chi connectivity index (χ0) is 12.3. The van der Waals surface area contributed by atoms with Crippen LogP contribution in [-0.4, -0.2) is 15.3 Å². The van der Waals surface area contributed by atoms with Crippen molar-refractivity contribution in [2.45, 2.75) is 9.79 Å². The van der Waals surface area contributed by atoms with E-state index < -0.39 is 0 Å². The van der Waals surface area contributed by atoms with Gasteiger partial charge in [-0.25, -0.2) is 0 Å². The van der Waals surface area contributed by atoms with E-state index in [1.807, 2.05) is 0 Å². The molecule has 0 aliphatic heterocycles. The lowest BCUT2D eigenvalue weighted by molar-refractivity contribution is 0.448. The van der Waals surface area contributed by atoms with E-state index in [9.17, 15) is 10.2 Å². The lowest BCUT2D eigenvalue weighted by atomic mass is 10.3. The number of hydrogen-bond acceptors (Lipinski definition) is 5. The minimum atomic E-state index is 0.0406. The highest BCUT2D eigenvalue weighted by Gasteiger charge is 2.02. The van der Waals surface area contributed by atoms with Gasteiger partial charge in [0.15, 0.2) is 0 Å². The summed E-state index contributed by atoms with van der Waals surface area (Å²) >= 11 is 0. The summed E-state index contributed by atoms with van der Waals surface area (Å²) in [5.41, 5.74) is 0. The normalized spacial score (nSPS) is 10.4. The van der Waals surface area contributed by atoms with Crippen LogP contribution in [-0.2, 0) is 0 Å². The third-order valence-electron chi connectivity index (χ3n) is 1.95. The SMILES string of the molecule is Oc1ccc(SSc2cc(O)cc(O)c2)cc1. The van der Waals surface area contributed by atoms with Crippen LogP contribution in [0.15, 0.2) is 52.3 Å². The summed E-state index contributed by atoms with van der Waals surface area (Å²) in [5, 5.41) is 27.8. The highest BCUT2D eigenvalue weighted by Crippen LogP contribution is 2.40. The maximum Gasteiger partial charge on any atom is 0.120 e. The maximum atomic E-state index is 9.31. The van der Waals surface area contributed by atoms with Crippen molar-refractivity contribution < 1.29 is 15.3 Å². The van der Waals surface area contributed by atoms with Gasteiger partial charge in [0, 0.05) is 15.9 Å². The summed E-state index contributed by atoms with van der Waals surface area (Å²) in [6.45, 7) is 0. The summed E-state index contributed by atoms with van der Waals surface area (Å²) in [6, 6.07) is 11.3. The highest BCUT2D eigenvalue weighted by atomic mass is 33.1. The first kappa shape index (κ1) is 12.0. The Bertz CT molecular complexity index is 491. The van der Waals surface area contributed by atoms with Gasteiger partial charge in [0.25, 0.3) is 0 Å². The van der Waals surface area contributed by atoms with Crippen LogP contribution in [0.25, 0.3) is 0 Å². The van der Waals surface area contributed by atoms with E-state index in [1.54, 1.807) is 36.4 Å². The van der Waals surface area contributed by atoms with E-state index in [4.69, 9.17) is 5.11 Å². The standard InChI is InChI=1S/C12H10O3S2/c13-8-1-3-11(4-2-8)16-17-12-6-9(14)5-10(15)7-12/h1-7,13-15H. The molecule has 17 heavy (non-hydrogen) atoms. The molecule has 0 saturated carbocycles. The van der Waals surface area contributed by atoms with Crippen LogP contribution in [0.4, 0.5) is 0 Å². The molecule has 0 heterocycles. The number of rotatable bonds is 3. The van der Waals surface area contributed by atoms with Gasteiger partial charge in [-0.3, -0.25) is 0 Å². The lowest BCUT2D eigenvalue weighted by Crippen LogP contribution is -1.71. The molecule has 0 radical (unpaired) electrons. The first-order valence-corrected chi connectivity index (χ1v) is 6.95. The van der Waals surface area contributed by atoms with Crippen LogP contribution >= 0.6 is 21.6 Å². The van der Waals surface area contributed by atoms with Gasteiger partial charge in [-0.15, -0.1) is 0 Å². The summed E-state index contributed by atoms with van der Waals surface area (Å²) in [5.74, 6) is 0.312. The molecule has 3 N–H and O–H groups in total. The van der Waals surface area contributed by atoms with E-state index >= 15 is 0 Å². The average Bonchev–Trinajstić information content (AvgIpc) is 2.27. The fraction of sp³-hybridized carbons (Fsp3) is 0. The van der Waals surface area contributed by atoms with Gasteiger partial charge in [0.1, 0.15) is 17.2 Å². The van der Waals surface area contributed by atoms with E-state index in [0.29, 0.717) is 0 Å². The molecule has 0 amide bonds. The monoisotopic (exact) mass is 266 g/mol. The topological polar surface area (TPSA) is 60.7 Å². The summed E-state index contributed by atoms with van der Waals surface area (Å²) < 4.78 is 0. The minimum absolute atomic E-state index is 0.0406. The fourth-order valence-electron chi connectivity index (χ4n) is 1.21. The molecule has 0 bridgehead atoms. The Morgan fingerprint density at radius 3 is 1.71 bits per heavy atom. The molecule has 0 saturated heterocycles. The van der Waals surface area contributed by atoms with E-state index in [-0.39, 0.29) is 17.2 Å². The third kappa shape index (κ3) is 3.51. The second-order valence-corrected chi connectivity index (χ2v) is 5.62. The fourth-order valence-corrected chi connectivity index (χ4v) is 3.19. The van der Waals surface area contributed by atoms with Crippen molar-refractivity contribution in [2.75, 3.05) is 0 Å². The third-order valence-corrected chi connectivity index (χ3v) is 4.33. The van der Waals surface area contributed by atoms with Gasteiger partial charge < -0.3 is 15.3 Å². The largest absolute Gasteiger partial charge is 0.508 e. The van der Waals surface area contributed by atoms with Gasteiger partial charge in [0.2, 0.25) is 0 Å². The molecule has 3 nitrogen and oxygen atoms in total. The van der Waals surface area contributed by atoms with Crippen molar-refractivity contribution in [3.63, 3.8) is 0 Å². The molecule has 5 heteroatoms. The molecule has 0 unspecified atom stereocenters. The number of phenols is 3. The van der Waals surface area contributed by atoms with Crippen LogP contribution in [0.2, 0.25) is 0 Å². The average molecular weight is 266 g/mol. The number of phenolic OH excluding ortho intramolecular Hbond substituents is 3. The van der Waals surface area contributed by atoms with Gasteiger partial charge >= 0.3 is 0 Å². The first-order valence-electron chi connectivity index (χ1n) is 4.80. The van der Waals surface area contributed by atoms with Gasteiger partial charge in [0.05, 0.1) is 0 Å². The molecule has 0 aliphatic carbocycles. The Labute approximate surface area is 107 Å².